The molecular formula is C33H29FN2O6. The van der Waals surface area contributed by atoms with Gasteiger partial charge in [0.1, 0.15) is 18.5 Å². The van der Waals surface area contributed by atoms with Gasteiger partial charge in [0.2, 0.25) is 5.91 Å². The first-order chi connectivity index (χ1) is 20.3. The maximum absolute atomic E-state index is 14.0. The van der Waals surface area contributed by atoms with Crippen molar-refractivity contribution < 1.29 is 33.4 Å². The molecule has 42 heavy (non-hydrogen) atoms. The number of carbonyl (C=O) groups excluding carboxylic acids is 2. The Morgan fingerprint density at radius 3 is 2.14 bits per heavy atom. The van der Waals surface area contributed by atoms with E-state index >= 15 is 0 Å². The predicted octanol–water partition coefficient (Wildman–Crippen LogP) is 5.98. The van der Waals surface area contributed by atoms with Gasteiger partial charge in [0.05, 0.1) is 18.3 Å². The summed E-state index contributed by atoms with van der Waals surface area (Å²) in [4.78, 5) is 37.8. The molecule has 1 aliphatic rings. The minimum atomic E-state index is -1.35. The van der Waals surface area contributed by atoms with E-state index < -0.39 is 35.9 Å². The number of amides is 2. The molecule has 0 radical (unpaired) electrons. The molecule has 4 aromatic carbocycles. The van der Waals surface area contributed by atoms with Crippen LogP contribution >= 0.6 is 0 Å². The van der Waals surface area contributed by atoms with Gasteiger partial charge in [0.25, 0.3) is 0 Å². The number of alkyl carbamates (subject to hydrolysis) is 1. The third-order valence-electron chi connectivity index (χ3n) is 7.14. The van der Waals surface area contributed by atoms with Gasteiger partial charge < -0.3 is 25.2 Å². The second kappa shape index (κ2) is 12.7. The summed E-state index contributed by atoms with van der Waals surface area (Å²) in [6.07, 6.45) is -1.67. The van der Waals surface area contributed by atoms with Gasteiger partial charge in [-0.2, -0.15) is 0 Å². The average Bonchev–Trinajstić information content (AvgIpc) is 3.31. The van der Waals surface area contributed by atoms with E-state index in [2.05, 4.69) is 10.6 Å². The number of carbonyl (C=O) groups is 3. The van der Waals surface area contributed by atoms with Crippen LogP contribution in [0.1, 0.15) is 39.9 Å². The molecule has 0 spiro atoms. The van der Waals surface area contributed by atoms with Crippen LogP contribution in [0.25, 0.3) is 11.1 Å². The lowest BCUT2D eigenvalue weighted by Crippen LogP contribution is -2.51. The largest absolute Gasteiger partial charge is 0.478 e. The van der Waals surface area contributed by atoms with Crippen molar-refractivity contribution in [2.75, 3.05) is 11.9 Å². The minimum Gasteiger partial charge on any atom is -0.478 e. The van der Waals surface area contributed by atoms with Crippen LogP contribution in [0, 0.1) is 5.82 Å². The Labute approximate surface area is 242 Å². The van der Waals surface area contributed by atoms with Crippen LogP contribution < -0.4 is 10.6 Å². The predicted molar refractivity (Wildman–Crippen MR) is 155 cm³/mol. The maximum Gasteiger partial charge on any atom is 0.407 e. The van der Waals surface area contributed by atoms with Crippen LogP contribution in [-0.2, 0) is 20.9 Å². The third kappa shape index (κ3) is 6.47. The number of anilines is 1. The smallest absolute Gasteiger partial charge is 0.407 e. The van der Waals surface area contributed by atoms with Crippen molar-refractivity contribution in [3.05, 3.63) is 125 Å². The van der Waals surface area contributed by atoms with Crippen molar-refractivity contribution in [3.63, 3.8) is 0 Å². The normalized spacial score (nSPS) is 13.4. The second-order valence-electron chi connectivity index (χ2n) is 9.97. The number of hydrogen-bond donors (Lipinski definition) is 3. The summed E-state index contributed by atoms with van der Waals surface area (Å²) < 4.78 is 25.6. The fourth-order valence-corrected chi connectivity index (χ4v) is 5.07. The lowest BCUT2D eigenvalue weighted by Gasteiger charge is -2.25. The van der Waals surface area contributed by atoms with Gasteiger partial charge in [-0.1, -0.05) is 78.9 Å². The van der Waals surface area contributed by atoms with Crippen LogP contribution in [0.15, 0.2) is 97.1 Å². The molecule has 0 fully saturated rings. The number of benzene rings is 4. The van der Waals surface area contributed by atoms with Crippen molar-refractivity contribution in [1.82, 2.24) is 5.32 Å². The highest BCUT2D eigenvalue weighted by atomic mass is 19.1. The number of hydrogen-bond acceptors (Lipinski definition) is 5. The highest BCUT2D eigenvalue weighted by molar-refractivity contribution is 5.98. The minimum absolute atomic E-state index is 0.0410. The Kier molecular flexibility index (Phi) is 8.59. The van der Waals surface area contributed by atoms with E-state index in [0.717, 1.165) is 46.0 Å². The van der Waals surface area contributed by atoms with Gasteiger partial charge in [0, 0.05) is 11.6 Å². The van der Waals surface area contributed by atoms with E-state index in [0.29, 0.717) is 0 Å². The monoisotopic (exact) mass is 568 g/mol. The first-order valence-corrected chi connectivity index (χ1v) is 13.4. The molecule has 2 amide bonds. The van der Waals surface area contributed by atoms with Crippen molar-refractivity contribution in [2.45, 2.75) is 31.6 Å². The Morgan fingerprint density at radius 1 is 0.881 bits per heavy atom. The molecule has 1 aliphatic carbocycles. The average molecular weight is 569 g/mol. The van der Waals surface area contributed by atoms with Crippen molar-refractivity contribution in [2.24, 2.45) is 0 Å². The van der Waals surface area contributed by atoms with Crippen molar-refractivity contribution >= 4 is 23.7 Å². The van der Waals surface area contributed by atoms with Crippen LogP contribution in [0.5, 0.6) is 0 Å². The van der Waals surface area contributed by atoms with Gasteiger partial charge in [-0.25, -0.2) is 14.0 Å². The zero-order valence-electron chi connectivity index (χ0n) is 22.8. The van der Waals surface area contributed by atoms with Crippen LogP contribution in [0.2, 0.25) is 0 Å². The number of ether oxygens (including phenoxy) is 2. The SMILES string of the molecule is C[C@H](OCc1ccccc1)[C@@H](NC(=O)OCC1c2ccccc2-c2ccccc21)C(=O)Nc1cc(F)cc(C(=O)O)c1. The number of halogens is 1. The first kappa shape index (κ1) is 28.5. The molecule has 0 bridgehead atoms. The Morgan fingerprint density at radius 2 is 1.50 bits per heavy atom. The molecule has 0 aromatic heterocycles. The van der Waals surface area contributed by atoms with Crippen LogP contribution in [0.4, 0.5) is 14.9 Å². The van der Waals surface area contributed by atoms with Crippen molar-refractivity contribution in [3.8, 4) is 11.1 Å². The molecule has 0 unspecified atom stereocenters. The maximum atomic E-state index is 14.0. The second-order valence-corrected chi connectivity index (χ2v) is 9.97. The Bertz CT molecular complexity index is 1560. The zero-order chi connectivity index (χ0) is 29.6. The number of rotatable bonds is 10. The Hall–Kier alpha value is -5.02. The third-order valence-corrected chi connectivity index (χ3v) is 7.14. The summed E-state index contributed by atoms with van der Waals surface area (Å²) in [7, 11) is 0. The highest BCUT2D eigenvalue weighted by Crippen LogP contribution is 2.44. The molecule has 0 aliphatic heterocycles. The highest BCUT2D eigenvalue weighted by Gasteiger charge is 2.32. The lowest BCUT2D eigenvalue weighted by atomic mass is 9.98. The lowest BCUT2D eigenvalue weighted by molar-refractivity contribution is -0.121. The standard InChI is InChI=1S/C33H29FN2O6/c1-20(41-18-21-9-3-2-4-10-21)30(31(37)35-24-16-22(32(38)39)15-23(34)17-24)36-33(40)42-19-29-27-13-7-5-11-25(27)26-12-6-8-14-28(26)29/h2-17,20,29-30H,18-19H2,1H3,(H,35,37)(H,36,40)(H,38,39)/t20-,30+/m0/s1. The number of aromatic carboxylic acids is 1. The number of fused-ring (bicyclic) bond motifs is 3. The summed E-state index contributed by atoms with van der Waals surface area (Å²) in [6, 6.07) is 26.9. The molecule has 5 rings (SSSR count). The molecule has 9 heteroatoms. The molecule has 0 saturated heterocycles. The van der Waals surface area contributed by atoms with Gasteiger partial charge in [-0.05, 0) is 52.9 Å². The summed E-state index contributed by atoms with van der Waals surface area (Å²) in [6.45, 7) is 1.83. The van der Waals surface area contributed by atoms with Gasteiger partial charge >= 0.3 is 12.1 Å². The van der Waals surface area contributed by atoms with Crippen molar-refractivity contribution in [1.29, 1.82) is 0 Å². The summed E-state index contributed by atoms with van der Waals surface area (Å²) in [5, 5.41) is 14.3. The molecule has 8 nitrogen and oxygen atoms in total. The molecule has 2 atom stereocenters. The number of carboxylic acid groups (broad SMARTS) is 1. The van der Waals surface area contributed by atoms with Gasteiger partial charge in [-0.15, -0.1) is 0 Å². The first-order valence-electron chi connectivity index (χ1n) is 13.4. The van der Waals surface area contributed by atoms with Gasteiger partial charge in [0.15, 0.2) is 0 Å². The molecule has 0 saturated carbocycles. The summed E-state index contributed by atoms with van der Waals surface area (Å²) >= 11 is 0. The van der Waals surface area contributed by atoms with E-state index in [4.69, 9.17) is 9.47 Å². The van der Waals surface area contributed by atoms with Crippen LogP contribution in [-0.4, -0.2) is 41.8 Å². The van der Waals surface area contributed by atoms with E-state index in [1.165, 1.54) is 0 Å². The molecular weight excluding hydrogens is 539 g/mol. The topological polar surface area (TPSA) is 114 Å². The summed E-state index contributed by atoms with van der Waals surface area (Å²) in [5.74, 6) is -3.09. The van der Waals surface area contributed by atoms with E-state index in [9.17, 15) is 23.9 Å². The quantitative estimate of drug-likeness (QED) is 0.217. The number of nitrogens with one attached hydrogen (secondary N) is 2. The number of carboxylic acids is 1. The Balaban J connectivity index is 1.31. The molecule has 214 valence electrons. The van der Waals surface area contributed by atoms with E-state index in [-0.39, 0.29) is 30.4 Å². The molecule has 0 heterocycles. The fraction of sp³-hybridized carbons (Fsp3) is 0.182. The van der Waals surface area contributed by atoms with E-state index in [1.807, 2.05) is 78.9 Å². The molecule has 3 N–H and O–H groups in total. The van der Waals surface area contributed by atoms with E-state index in [1.54, 1.807) is 6.92 Å². The fourth-order valence-electron chi connectivity index (χ4n) is 5.07. The van der Waals surface area contributed by atoms with Gasteiger partial charge in [-0.3, -0.25) is 4.79 Å². The summed E-state index contributed by atoms with van der Waals surface area (Å²) in [5.41, 5.74) is 4.70. The van der Waals surface area contributed by atoms with Crippen LogP contribution in [0.3, 0.4) is 0 Å². The molecule has 4 aromatic rings. The zero-order valence-corrected chi connectivity index (χ0v) is 22.8.